The van der Waals surface area contributed by atoms with Crippen molar-refractivity contribution in [3.05, 3.63) is 54.4 Å². The van der Waals surface area contributed by atoms with Crippen molar-refractivity contribution in [1.82, 2.24) is 24.4 Å². The third-order valence-electron chi connectivity index (χ3n) is 6.73. The van der Waals surface area contributed by atoms with Gasteiger partial charge in [-0.25, -0.2) is 14.8 Å². The van der Waals surface area contributed by atoms with Crippen LogP contribution in [0.15, 0.2) is 53.2 Å². The van der Waals surface area contributed by atoms with Gasteiger partial charge in [0.1, 0.15) is 16.4 Å². The predicted octanol–water partition coefficient (Wildman–Crippen LogP) is 5.28. The SMILES string of the molecule is CC(C)(C)c1cc(NC(=O)Nc2ccc(-c3cn4c(n3)sc3nc(NCCN5CCOCC5)ccc34)cc2)no1. The molecule has 0 aliphatic carbocycles. The highest BCUT2D eigenvalue weighted by Gasteiger charge is 2.20. The molecule has 0 unspecified atom stereocenters. The lowest BCUT2D eigenvalue weighted by Gasteiger charge is -2.26. The number of rotatable bonds is 7. The topological polar surface area (TPSA) is 122 Å². The van der Waals surface area contributed by atoms with E-state index in [-0.39, 0.29) is 5.41 Å². The van der Waals surface area contributed by atoms with E-state index in [0.717, 1.165) is 71.8 Å². The van der Waals surface area contributed by atoms with Gasteiger partial charge in [-0.2, -0.15) is 0 Å². The van der Waals surface area contributed by atoms with Gasteiger partial charge in [0.25, 0.3) is 0 Å². The quantitative estimate of drug-likeness (QED) is 0.246. The summed E-state index contributed by atoms with van der Waals surface area (Å²) in [6.45, 7) is 11.5. The van der Waals surface area contributed by atoms with E-state index in [2.05, 4.69) is 36.5 Å². The summed E-state index contributed by atoms with van der Waals surface area (Å²) >= 11 is 1.56. The fourth-order valence-electron chi connectivity index (χ4n) is 4.48. The van der Waals surface area contributed by atoms with Crippen LogP contribution in [0.25, 0.3) is 26.6 Å². The Morgan fingerprint density at radius 3 is 2.58 bits per heavy atom. The van der Waals surface area contributed by atoms with Crippen molar-refractivity contribution < 1.29 is 14.1 Å². The number of ether oxygens (including phenoxy) is 1. The summed E-state index contributed by atoms with van der Waals surface area (Å²) in [4.78, 5) is 26.3. The third-order valence-corrected chi connectivity index (χ3v) is 7.69. The molecule has 0 bridgehead atoms. The van der Waals surface area contributed by atoms with Crippen LogP contribution in [0.3, 0.4) is 0 Å². The van der Waals surface area contributed by atoms with Crippen LogP contribution in [-0.2, 0) is 10.2 Å². The molecule has 0 radical (unpaired) electrons. The van der Waals surface area contributed by atoms with Crippen LogP contribution in [0.4, 0.5) is 22.1 Å². The summed E-state index contributed by atoms with van der Waals surface area (Å²) in [7, 11) is 0. The van der Waals surface area contributed by atoms with Gasteiger partial charge in [0.2, 0.25) is 0 Å². The summed E-state index contributed by atoms with van der Waals surface area (Å²) in [6.07, 6.45) is 2.02. The second kappa shape index (κ2) is 10.9. The number of carbonyl (C=O) groups excluding carboxylic acids is 1. The molecule has 5 heterocycles. The van der Waals surface area contributed by atoms with Gasteiger partial charge in [-0.05, 0) is 24.3 Å². The van der Waals surface area contributed by atoms with Gasteiger partial charge >= 0.3 is 6.03 Å². The Kier molecular flexibility index (Phi) is 7.13. The Hall–Kier alpha value is -4.00. The van der Waals surface area contributed by atoms with Crippen molar-refractivity contribution in [2.24, 2.45) is 0 Å². The molecule has 11 nitrogen and oxygen atoms in total. The smallest absolute Gasteiger partial charge is 0.324 e. The van der Waals surface area contributed by atoms with Gasteiger partial charge in [0.15, 0.2) is 10.8 Å². The number of pyridine rings is 1. The van der Waals surface area contributed by atoms with Crippen molar-refractivity contribution in [2.45, 2.75) is 26.2 Å². The molecule has 5 aromatic rings. The lowest BCUT2D eigenvalue weighted by molar-refractivity contribution is 0.0398. The predicted molar refractivity (Wildman–Crippen MR) is 157 cm³/mol. The van der Waals surface area contributed by atoms with E-state index in [4.69, 9.17) is 19.2 Å². The minimum Gasteiger partial charge on any atom is -0.379 e. The Balaban J connectivity index is 1.08. The second-order valence-electron chi connectivity index (χ2n) is 10.8. The molecule has 1 saturated heterocycles. The van der Waals surface area contributed by atoms with Crippen molar-refractivity contribution in [1.29, 1.82) is 0 Å². The number of imidazole rings is 1. The largest absolute Gasteiger partial charge is 0.379 e. The summed E-state index contributed by atoms with van der Waals surface area (Å²) < 4.78 is 12.8. The van der Waals surface area contributed by atoms with Crippen LogP contribution in [-0.4, -0.2) is 69.8 Å². The first-order valence-electron chi connectivity index (χ1n) is 13.3. The molecule has 0 atom stereocenters. The highest BCUT2D eigenvalue weighted by molar-refractivity contribution is 7.23. The number of thiazole rings is 1. The molecule has 0 spiro atoms. The van der Waals surface area contributed by atoms with E-state index in [1.807, 2.05) is 57.3 Å². The van der Waals surface area contributed by atoms with Crippen molar-refractivity contribution in [2.75, 3.05) is 55.3 Å². The average Bonchev–Trinajstić information content (AvgIpc) is 3.64. The number of morpholine rings is 1. The van der Waals surface area contributed by atoms with Crippen LogP contribution >= 0.6 is 11.3 Å². The maximum atomic E-state index is 12.4. The number of amides is 2. The number of aromatic nitrogens is 4. The van der Waals surface area contributed by atoms with Gasteiger partial charge in [-0.1, -0.05) is 49.4 Å². The van der Waals surface area contributed by atoms with Crippen LogP contribution in [0.5, 0.6) is 0 Å². The minimum absolute atomic E-state index is 0.188. The Labute approximate surface area is 235 Å². The number of carbonyl (C=O) groups is 1. The molecule has 0 saturated carbocycles. The lowest BCUT2D eigenvalue weighted by atomic mass is 9.93. The first-order valence-corrected chi connectivity index (χ1v) is 14.1. The molecule has 40 heavy (non-hydrogen) atoms. The third kappa shape index (κ3) is 5.79. The Morgan fingerprint density at radius 2 is 1.82 bits per heavy atom. The normalized spacial score (nSPS) is 14.6. The fraction of sp³-hybridized carbons (Fsp3) is 0.357. The number of hydrogen-bond donors (Lipinski definition) is 3. The highest BCUT2D eigenvalue weighted by atomic mass is 32.1. The monoisotopic (exact) mass is 560 g/mol. The van der Waals surface area contributed by atoms with E-state index in [9.17, 15) is 4.79 Å². The van der Waals surface area contributed by atoms with E-state index in [1.165, 1.54) is 0 Å². The van der Waals surface area contributed by atoms with Crippen LogP contribution in [0, 0.1) is 0 Å². The number of hydrogen-bond acceptors (Lipinski definition) is 9. The summed E-state index contributed by atoms with van der Waals surface area (Å²) in [6, 6.07) is 13.0. The van der Waals surface area contributed by atoms with Gasteiger partial charge in [0.05, 0.1) is 24.4 Å². The number of fused-ring (bicyclic) bond motifs is 3. The van der Waals surface area contributed by atoms with Crippen molar-refractivity contribution >= 4 is 50.0 Å². The molecule has 1 aliphatic rings. The number of nitrogens with one attached hydrogen (secondary N) is 3. The number of anilines is 3. The standard InChI is InChI=1S/C28H32N8O3S/c1-28(2,3)22-16-24(34-39-22)33-26(37)30-19-6-4-18(5-7-19)20-17-36-21-8-9-23(32-25(21)40-27(36)31-20)29-10-11-35-12-14-38-15-13-35/h4-9,16-17H,10-15H2,1-3H3,(H,29,32)(H2,30,33,34,37). The lowest BCUT2D eigenvalue weighted by Crippen LogP contribution is -2.39. The molecular formula is C28H32N8O3S. The molecule has 1 fully saturated rings. The van der Waals surface area contributed by atoms with E-state index >= 15 is 0 Å². The zero-order valence-electron chi connectivity index (χ0n) is 22.7. The number of nitrogens with zero attached hydrogens (tertiary/aromatic N) is 5. The van der Waals surface area contributed by atoms with Crippen LogP contribution in [0.1, 0.15) is 26.5 Å². The Bertz CT molecular complexity index is 1630. The molecule has 1 aromatic carbocycles. The van der Waals surface area contributed by atoms with Crippen LogP contribution in [0.2, 0.25) is 0 Å². The average molecular weight is 561 g/mol. The van der Waals surface area contributed by atoms with Gasteiger partial charge in [-0.3, -0.25) is 14.6 Å². The molecule has 4 aromatic heterocycles. The first-order chi connectivity index (χ1) is 19.3. The molecule has 1 aliphatic heterocycles. The van der Waals surface area contributed by atoms with E-state index in [0.29, 0.717) is 17.3 Å². The summed E-state index contributed by atoms with van der Waals surface area (Å²) in [5.74, 6) is 1.94. The zero-order chi connectivity index (χ0) is 27.7. The second-order valence-corrected chi connectivity index (χ2v) is 11.7. The molecular weight excluding hydrogens is 528 g/mol. The highest BCUT2D eigenvalue weighted by Crippen LogP contribution is 2.30. The van der Waals surface area contributed by atoms with Gasteiger partial charge < -0.3 is 19.9 Å². The molecule has 6 rings (SSSR count). The molecule has 3 N–H and O–H groups in total. The van der Waals surface area contributed by atoms with E-state index < -0.39 is 6.03 Å². The molecule has 208 valence electrons. The molecule has 12 heteroatoms. The zero-order valence-corrected chi connectivity index (χ0v) is 23.5. The van der Waals surface area contributed by atoms with E-state index in [1.54, 1.807) is 17.4 Å². The summed E-state index contributed by atoms with van der Waals surface area (Å²) in [5, 5.41) is 12.9. The van der Waals surface area contributed by atoms with Gasteiger partial charge in [0, 0.05) is 55.1 Å². The van der Waals surface area contributed by atoms with Gasteiger partial charge in [-0.15, -0.1) is 0 Å². The first kappa shape index (κ1) is 26.2. The number of urea groups is 1. The number of benzene rings is 1. The maximum absolute atomic E-state index is 12.4. The summed E-state index contributed by atoms with van der Waals surface area (Å²) in [5.41, 5.74) is 3.30. The van der Waals surface area contributed by atoms with Crippen molar-refractivity contribution in [3.63, 3.8) is 0 Å². The van der Waals surface area contributed by atoms with Crippen LogP contribution < -0.4 is 16.0 Å². The fourth-order valence-corrected chi connectivity index (χ4v) is 5.46. The maximum Gasteiger partial charge on any atom is 0.324 e. The Morgan fingerprint density at radius 1 is 1.02 bits per heavy atom. The minimum atomic E-state index is -0.391. The van der Waals surface area contributed by atoms with Crippen molar-refractivity contribution in [3.8, 4) is 11.3 Å². The molecule has 2 amide bonds.